The molecule has 0 amide bonds. The third kappa shape index (κ3) is 3.08. The quantitative estimate of drug-likeness (QED) is 0.728. The van der Waals surface area contributed by atoms with Gasteiger partial charge in [-0.15, -0.1) is 11.8 Å². The van der Waals surface area contributed by atoms with E-state index in [1.807, 2.05) is 19.9 Å². The Balaban J connectivity index is 2.19. The maximum absolute atomic E-state index is 5.86. The predicted molar refractivity (Wildman–Crippen MR) is 67.6 cm³/mol. The number of hydrogen-bond acceptors (Lipinski definition) is 3. The van der Waals surface area contributed by atoms with E-state index in [1.54, 1.807) is 11.8 Å². The molecule has 0 unspecified atom stereocenters. The molecule has 2 rings (SSSR count). The minimum absolute atomic E-state index is 0.182. The van der Waals surface area contributed by atoms with Crippen molar-refractivity contribution in [1.82, 2.24) is 0 Å². The van der Waals surface area contributed by atoms with Gasteiger partial charge in [0.1, 0.15) is 0 Å². The molecule has 0 N–H and O–H groups in total. The van der Waals surface area contributed by atoms with E-state index in [2.05, 4.69) is 18.4 Å². The Morgan fingerprint density at radius 2 is 2.00 bits per heavy atom. The second-order valence-electron chi connectivity index (χ2n) is 4.30. The molecule has 1 aromatic rings. The molecule has 2 nitrogen and oxygen atoms in total. The standard InChI is InChI=1S/C13H18O2S/c1-9(2)14-12-7-6-11(16-3)8-13(12)15-10-4-5-10/h6-10H,4-5H2,1-3H3. The van der Waals surface area contributed by atoms with E-state index in [9.17, 15) is 0 Å². The van der Waals surface area contributed by atoms with Gasteiger partial charge in [0.2, 0.25) is 0 Å². The Hall–Kier alpha value is -0.830. The summed E-state index contributed by atoms with van der Waals surface area (Å²) < 4.78 is 11.6. The van der Waals surface area contributed by atoms with Crippen LogP contribution in [0.25, 0.3) is 0 Å². The third-order valence-corrected chi connectivity index (χ3v) is 3.06. The molecule has 0 atom stereocenters. The highest BCUT2D eigenvalue weighted by molar-refractivity contribution is 7.98. The molecule has 16 heavy (non-hydrogen) atoms. The zero-order valence-corrected chi connectivity index (χ0v) is 10.8. The molecule has 1 fully saturated rings. The first-order valence-electron chi connectivity index (χ1n) is 5.70. The van der Waals surface area contributed by atoms with Crippen LogP contribution in [0.3, 0.4) is 0 Å². The SMILES string of the molecule is CSc1ccc(OC(C)C)c(OC2CC2)c1. The Morgan fingerprint density at radius 1 is 1.25 bits per heavy atom. The molecule has 1 aliphatic carbocycles. The lowest BCUT2D eigenvalue weighted by Gasteiger charge is -2.15. The van der Waals surface area contributed by atoms with E-state index in [0.717, 1.165) is 11.5 Å². The third-order valence-electron chi connectivity index (χ3n) is 2.33. The van der Waals surface area contributed by atoms with Gasteiger partial charge in [0.25, 0.3) is 0 Å². The molecule has 3 heteroatoms. The molecule has 1 saturated carbocycles. The van der Waals surface area contributed by atoms with Crippen molar-refractivity contribution in [2.45, 2.75) is 43.8 Å². The van der Waals surface area contributed by atoms with E-state index in [0.29, 0.717) is 6.10 Å². The molecule has 0 saturated heterocycles. The fraction of sp³-hybridized carbons (Fsp3) is 0.538. The molecule has 0 radical (unpaired) electrons. The van der Waals surface area contributed by atoms with Crippen molar-refractivity contribution in [3.8, 4) is 11.5 Å². The van der Waals surface area contributed by atoms with Crippen molar-refractivity contribution < 1.29 is 9.47 Å². The summed E-state index contributed by atoms with van der Waals surface area (Å²) in [5.41, 5.74) is 0. The van der Waals surface area contributed by atoms with Crippen LogP contribution in [0.15, 0.2) is 23.1 Å². The van der Waals surface area contributed by atoms with E-state index in [-0.39, 0.29) is 6.10 Å². The molecule has 0 aromatic heterocycles. The van der Waals surface area contributed by atoms with Crippen LogP contribution in [-0.2, 0) is 0 Å². The Morgan fingerprint density at radius 3 is 2.56 bits per heavy atom. The first-order valence-corrected chi connectivity index (χ1v) is 6.93. The van der Waals surface area contributed by atoms with E-state index < -0.39 is 0 Å². The second-order valence-corrected chi connectivity index (χ2v) is 5.18. The van der Waals surface area contributed by atoms with Gasteiger partial charge in [0, 0.05) is 4.90 Å². The minimum atomic E-state index is 0.182. The van der Waals surface area contributed by atoms with Crippen LogP contribution in [0.2, 0.25) is 0 Å². The lowest BCUT2D eigenvalue weighted by atomic mass is 10.3. The summed E-state index contributed by atoms with van der Waals surface area (Å²) in [4.78, 5) is 1.21. The maximum Gasteiger partial charge on any atom is 0.162 e. The van der Waals surface area contributed by atoms with Gasteiger partial charge < -0.3 is 9.47 Å². The zero-order chi connectivity index (χ0) is 11.5. The molecule has 0 heterocycles. The van der Waals surface area contributed by atoms with Gasteiger partial charge >= 0.3 is 0 Å². The van der Waals surface area contributed by atoms with Crippen molar-refractivity contribution in [3.63, 3.8) is 0 Å². The van der Waals surface area contributed by atoms with Crippen LogP contribution >= 0.6 is 11.8 Å². The van der Waals surface area contributed by atoms with Crippen molar-refractivity contribution >= 4 is 11.8 Å². The van der Waals surface area contributed by atoms with Crippen LogP contribution in [0.1, 0.15) is 26.7 Å². The highest BCUT2D eigenvalue weighted by Gasteiger charge is 2.25. The lowest BCUT2D eigenvalue weighted by molar-refractivity contribution is 0.217. The van der Waals surface area contributed by atoms with Crippen LogP contribution in [0.4, 0.5) is 0 Å². The van der Waals surface area contributed by atoms with E-state index in [4.69, 9.17) is 9.47 Å². The number of thioether (sulfide) groups is 1. The number of benzene rings is 1. The first kappa shape index (κ1) is 11.6. The highest BCUT2D eigenvalue weighted by Crippen LogP contribution is 2.36. The van der Waals surface area contributed by atoms with Crippen LogP contribution < -0.4 is 9.47 Å². The monoisotopic (exact) mass is 238 g/mol. The fourth-order valence-electron chi connectivity index (χ4n) is 1.42. The van der Waals surface area contributed by atoms with Gasteiger partial charge in [-0.2, -0.15) is 0 Å². The highest BCUT2D eigenvalue weighted by atomic mass is 32.2. The van der Waals surface area contributed by atoms with Crippen LogP contribution in [0.5, 0.6) is 11.5 Å². The smallest absolute Gasteiger partial charge is 0.162 e. The molecule has 0 aliphatic heterocycles. The summed E-state index contributed by atoms with van der Waals surface area (Å²) >= 11 is 1.72. The van der Waals surface area contributed by atoms with Crippen LogP contribution in [0, 0.1) is 0 Å². The molecule has 0 bridgehead atoms. The average Bonchev–Trinajstić information content (AvgIpc) is 3.04. The lowest BCUT2D eigenvalue weighted by Crippen LogP contribution is -2.08. The molecule has 1 aromatic carbocycles. The van der Waals surface area contributed by atoms with Crippen molar-refractivity contribution in [2.24, 2.45) is 0 Å². The van der Waals surface area contributed by atoms with E-state index >= 15 is 0 Å². The Labute approximate surface area is 101 Å². The first-order chi connectivity index (χ1) is 7.69. The number of rotatable bonds is 5. The van der Waals surface area contributed by atoms with Crippen LogP contribution in [-0.4, -0.2) is 18.5 Å². The maximum atomic E-state index is 5.86. The Kier molecular flexibility index (Phi) is 3.64. The largest absolute Gasteiger partial charge is 0.487 e. The van der Waals surface area contributed by atoms with Crippen molar-refractivity contribution in [2.75, 3.05) is 6.26 Å². The van der Waals surface area contributed by atoms with Gasteiger partial charge in [0.15, 0.2) is 11.5 Å². The molecular formula is C13H18O2S. The van der Waals surface area contributed by atoms with Gasteiger partial charge in [-0.05, 0) is 51.1 Å². The molecule has 1 aliphatic rings. The van der Waals surface area contributed by atoms with Crippen molar-refractivity contribution in [1.29, 1.82) is 0 Å². The minimum Gasteiger partial charge on any atom is -0.487 e. The van der Waals surface area contributed by atoms with Gasteiger partial charge in [-0.25, -0.2) is 0 Å². The van der Waals surface area contributed by atoms with Crippen molar-refractivity contribution in [3.05, 3.63) is 18.2 Å². The topological polar surface area (TPSA) is 18.5 Å². The van der Waals surface area contributed by atoms with Gasteiger partial charge in [-0.3, -0.25) is 0 Å². The predicted octanol–water partition coefficient (Wildman–Crippen LogP) is 3.74. The van der Waals surface area contributed by atoms with Gasteiger partial charge in [-0.1, -0.05) is 0 Å². The number of hydrogen-bond donors (Lipinski definition) is 0. The summed E-state index contributed by atoms with van der Waals surface area (Å²) in [6, 6.07) is 6.15. The normalized spacial score (nSPS) is 15.2. The summed E-state index contributed by atoms with van der Waals surface area (Å²) in [5.74, 6) is 1.75. The molecule has 88 valence electrons. The summed E-state index contributed by atoms with van der Waals surface area (Å²) in [7, 11) is 0. The number of ether oxygens (including phenoxy) is 2. The summed E-state index contributed by atoms with van der Waals surface area (Å²) in [6.07, 6.45) is 5.00. The molecular weight excluding hydrogens is 220 g/mol. The fourth-order valence-corrected chi connectivity index (χ4v) is 1.85. The van der Waals surface area contributed by atoms with Gasteiger partial charge in [0.05, 0.1) is 12.2 Å². The Bertz CT molecular complexity index is 359. The average molecular weight is 238 g/mol. The summed E-state index contributed by atoms with van der Waals surface area (Å²) in [6.45, 7) is 4.06. The second kappa shape index (κ2) is 5.00. The molecule has 0 spiro atoms. The summed E-state index contributed by atoms with van der Waals surface area (Å²) in [5, 5.41) is 0. The van der Waals surface area contributed by atoms with E-state index in [1.165, 1.54) is 17.7 Å². The zero-order valence-electron chi connectivity index (χ0n) is 10.0.